The van der Waals surface area contributed by atoms with Gasteiger partial charge in [-0.05, 0) is 48.4 Å². The Kier molecular flexibility index (Phi) is 5.90. The highest BCUT2D eigenvalue weighted by Crippen LogP contribution is 2.17. The van der Waals surface area contributed by atoms with Gasteiger partial charge in [-0.2, -0.15) is 0 Å². The van der Waals surface area contributed by atoms with Gasteiger partial charge >= 0.3 is 0 Å². The second-order valence-electron chi connectivity index (χ2n) is 4.74. The quantitative estimate of drug-likeness (QED) is 0.762. The fourth-order valence-electron chi connectivity index (χ4n) is 1.95. The molecule has 2 rings (SSSR count). The maximum Gasteiger partial charge on any atom is 0.120 e. The van der Waals surface area contributed by atoms with Gasteiger partial charge in [0.1, 0.15) is 12.4 Å². The van der Waals surface area contributed by atoms with Crippen LogP contribution in [0.15, 0.2) is 48.5 Å². The van der Waals surface area contributed by atoms with E-state index in [0.717, 1.165) is 35.8 Å². The zero-order valence-corrected chi connectivity index (χ0v) is 12.5. The van der Waals surface area contributed by atoms with Gasteiger partial charge < -0.3 is 10.1 Å². The third-order valence-electron chi connectivity index (χ3n) is 2.95. The number of rotatable bonds is 7. The number of nitrogens with one attached hydrogen (secondary N) is 1. The molecule has 0 aromatic heterocycles. The molecule has 0 atom stereocenters. The minimum Gasteiger partial charge on any atom is -0.489 e. The van der Waals surface area contributed by atoms with E-state index in [0.29, 0.717) is 6.61 Å². The summed E-state index contributed by atoms with van der Waals surface area (Å²) in [5, 5.41) is 4.13. The van der Waals surface area contributed by atoms with Crippen molar-refractivity contribution >= 4 is 11.6 Å². The summed E-state index contributed by atoms with van der Waals surface area (Å²) >= 11 is 5.96. The Balaban J connectivity index is 1.91. The third-order valence-corrected chi connectivity index (χ3v) is 3.18. The summed E-state index contributed by atoms with van der Waals surface area (Å²) in [6.45, 7) is 4.61. The molecular formula is C17H20ClNO. The highest BCUT2D eigenvalue weighted by atomic mass is 35.5. The van der Waals surface area contributed by atoms with Gasteiger partial charge in [-0.3, -0.25) is 0 Å². The Morgan fingerprint density at radius 3 is 2.65 bits per heavy atom. The molecule has 0 aliphatic rings. The van der Waals surface area contributed by atoms with Gasteiger partial charge in [-0.25, -0.2) is 0 Å². The first-order valence-corrected chi connectivity index (χ1v) is 7.32. The lowest BCUT2D eigenvalue weighted by Gasteiger charge is -2.09. The number of hydrogen-bond acceptors (Lipinski definition) is 2. The van der Waals surface area contributed by atoms with E-state index in [1.165, 1.54) is 5.56 Å². The van der Waals surface area contributed by atoms with Gasteiger partial charge in [0.15, 0.2) is 0 Å². The number of ether oxygens (including phenoxy) is 1. The zero-order chi connectivity index (χ0) is 14.2. The van der Waals surface area contributed by atoms with Crippen LogP contribution in [-0.4, -0.2) is 6.54 Å². The molecule has 20 heavy (non-hydrogen) atoms. The van der Waals surface area contributed by atoms with Crippen LogP contribution in [0.2, 0.25) is 5.02 Å². The van der Waals surface area contributed by atoms with Crippen molar-refractivity contribution in [1.82, 2.24) is 5.32 Å². The van der Waals surface area contributed by atoms with Crippen LogP contribution < -0.4 is 10.1 Å². The Bertz CT molecular complexity index is 542. The predicted octanol–water partition coefficient (Wildman–Crippen LogP) is 4.42. The summed E-state index contributed by atoms with van der Waals surface area (Å²) in [6, 6.07) is 15.9. The lowest BCUT2D eigenvalue weighted by atomic mass is 10.2. The van der Waals surface area contributed by atoms with Crippen LogP contribution in [0.25, 0.3) is 0 Å². The molecule has 0 bridgehead atoms. The monoisotopic (exact) mass is 289 g/mol. The van der Waals surface area contributed by atoms with Crippen molar-refractivity contribution in [3.8, 4) is 5.75 Å². The standard InChI is InChI=1S/C17H20ClNO/c1-2-9-19-12-14-5-4-8-17(11-14)20-13-15-6-3-7-16(18)10-15/h3-8,10-11,19H,2,9,12-13H2,1H3. The summed E-state index contributed by atoms with van der Waals surface area (Å²) in [7, 11) is 0. The van der Waals surface area contributed by atoms with Crippen LogP contribution in [0.3, 0.4) is 0 Å². The molecule has 0 amide bonds. The molecule has 0 aliphatic carbocycles. The Morgan fingerprint density at radius 2 is 1.85 bits per heavy atom. The van der Waals surface area contributed by atoms with E-state index in [2.05, 4.69) is 24.4 Å². The Morgan fingerprint density at radius 1 is 1.05 bits per heavy atom. The first-order chi connectivity index (χ1) is 9.78. The van der Waals surface area contributed by atoms with Gasteiger partial charge in [0.05, 0.1) is 0 Å². The van der Waals surface area contributed by atoms with E-state index in [1.807, 2.05) is 36.4 Å². The van der Waals surface area contributed by atoms with Crippen LogP contribution in [0, 0.1) is 0 Å². The maximum absolute atomic E-state index is 5.96. The number of benzene rings is 2. The van der Waals surface area contributed by atoms with Crippen molar-refractivity contribution in [2.24, 2.45) is 0 Å². The second-order valence-corrected chi connectivity index (χ2v) is 5.18. The average molecular weight is 290 g/mol. The lowest BCUT2D eigenvalue weighted by molar-refractivity contribution is 0.306. The van der Waals surface area contributed by atoms with Crippen molar-refractivity contribution < 1.29 is 4.74 Å². The largest absolute Gasteiger partial charge is 0.489 e. The van der Waals surface area contributed by atoms with E-state index in [-0.39, 0.29) is 0 Å². The van der Waals surface area contributed by atoms with Crippen molar-refractivity contribution in [2.45, 2.75) is 26.5 Å². The van der Waals surface area contributed by atoms with Crippen LogP contribution in [0.1, 0.15) is 24.5 Å². The average Bonchev–Trinajstić information content (AvgIpc) is 2.46. The lowest BCUT2D eigenvalue weighted by Crippen LogP contribution is -2.13. The maximum atomic E-state index is 5.96. The van der Waals surface area contributed by atoms with Crippen LogP contribution in [0.4, 0.5) is 0 Å². The molecule has 0 saturated heterocycles. The van der Waals surface area contributed by atoms with Gasteiger partial charge in [0, 0.05) is 11.6 Å². The zero-order valence-electron chi connectivity index (χ0n) is 11.7. The minimum absolute atomic E-state index is 0.534. The highest BCUT2D eigenvalue weighted by Gasteiger charge is 1.99. The molecule has 0 radical (unpaired) electrons. The van der Waals surface area contributed by atoms with Crippen LogP contribution in [0.5, 0.6) is 5.75 Å². The summed E-state index contributed by atoms with van der Waals surface area (Å²) in [5.41, 5.74) is 2.31. The summed E-state index contributed by atoms with van der Waals surface area (Å²) in [6.07, 6.45) is 1.14. The highest BCUT2D eigenvalue weighted by molar-refractivity contribution is 6.30. The molecule has 2 aromatic rings. The molecule has 1 N–H and O–H groups in total. The van der Waals surface area contributed by atoms with E-state index in [1.54, 1.807) is 0 Å². The van der Waals surface area contributed by atoms with Crippen molar-refractivity contribution in [3.05, 3.63) is 64.7 Å². The smallest absolute Gasteiger partial charge is 0.120 e. The number of hydrogen-bond donors (Lipinski definition) is 1. The summed E-state index contributed by atoms with van der Waals surface area (Å²) in [4.78, 5) is 0. The molecule has 0 fully saturated rings. The molecule has 0 unspecified atom stereocenters. The van der Waals surface area contributed by atoms with Crippen LogP contribution in [-0.2, 0) is 13.2 Å². The first kappa shape index (κ1) is 14.9. The minimum atomic E-state index is 0.534. The Labute approximate surface area is 125 Å². The van der Waals surface area contributed by atoms with Crippen molar-refractivity contribution in [3.63, 3.8) is 0 Å². The Hall–Kier alpha value is -1.51. The van der Waals surface area contributed by atoms with Gasteiger partial charge in [0.25, 0.3) is 0 Å². The summed E-state index contributed by atoms with van der Waals surface area (Å²) < 4.78 is 5.81. The predicted molar refractivity (Wildman–Crippen MR) is 84.2 cm³/mol. The molecule has 0 saturated carbocycles. The summed E-state index contributed by atoms with van der Waals surface area (Å²) in [5.74, 6) is 0.890. The fourth-order valence-corrected chi connectivity index (χ4v) is 2.16. The van der Waals surface area contributed by atoms with Gasteiger partial charge in [-0.15, -0.1) is 0 Å². The van der Waals surface area contributed by atoms with E-state index in [4.69, 9.17) is 16.3 Å². The molecule has 2 nitrogen and oxygen atoms in total. The number of halogens is 1. The van der Waals surface area contributed by atoms with E-state index in [9.17, 15) is 0 Å². The molecular weight excluding hydrogens is 270 g/mol. The van der Waals surface area contributed by atoms with E-state index < -0.39 is 0 Å². The molecule has 2 aromatic carbocycles. The van der Waals surface area contributed by atoms with Crippen molar-refractivity contribution in [1.29, 1.82) is 0 Å². The molecule has 0 spiro atoms. The molecule has 0 heterocycles. The molecule has 3 heteroatoms. The first-order valence-electron chi connectivity index (χ1n) is 6.95. The van der Waals surface area contributed by atoms with E-state index >= 15 is 0 Å². The van der Waals surface area contributed by atoms with Gasteiger partial charge in [0.2, 0.25) is 0 Å². The fraction of sp³-hybridized carbons (Fsp3) is 0.294. The second kappa shape index (κ2) is 7.93. The molecule has 106 valence electrons. The van der Waals surface area contributed by atoms with Crippen molar-refractivity contribution in [2.75, 3.05) is 6.54 Å². The van der Waals surface area contributed by atoms with Gasteiger partial charge in [-0.1, -0.05) is 42.8 Å². The molecule has 0 aliphatic heterocycles. The normalized spacial score (nSPS) is 10.5. The SMILES string of the molecule is CCCNCc1cccc(OCc2cccc(Cl)c2)c1. The van der Waals surface area contributed by atoms with Crippen LogP contribution >= 0.6 is 11.6 Å². The topological polar surface area (TPSA) is 21.3 Å². The third kappa shape index (κ3) is 4.87.